The summed E-state index contributed by atoms with van der Waals surface area (Å²) in [7, 11) is 0. The molecule has 5 nitrogen and oxygen atoms in total. The van der Waals surface area contributed by atoms with Gasteiger partial charge in [0.2, 0.25) is 5.91 Å². The Morgan fingerprint density at radius 1 is 1.17 bits per heavy atom. The average molecular weight is 348 g/mol. The van der Waals surface area contributed by atoms with Crippen molar-refractivity contribution in [3.8, 4) is 5.75 Å². The van der Waals surface area contributed by atoms with Gasteiger partial charge < -0.3 is 4.74 Å². The number of hydrogen-bond donors (Lipinski definition) is 0. The number of imide groups is 1. The maximum Gasteiger partial charge on any atom is 0.251 e. The van der Waals surface area contributed by atoms with Gasteiger partial charge in [-0.3, -0.25) is 14.5 Å². The Morgan fingerprint density at radius 3 is 2.54 bits per heavy atom. The number of carbonyl (C=O) groups excluding carboxylic acids is 2. The zero-order valence-electron chi connectivity index (χ0n) is 14.1. The summed E-state index contributed by atoms with van der Waals surface area (Å²) in [6, 6.07) is 6.96. The van der Waals surface area contributed by atoms with E-state index in [0.717, 1.165) is 43.2 Å². The van der Waals surface area contributed by atoms with Crippen molar-refractivity contribution in [3.05, 3.63) is 24.3 Å². The highest BCUT2D eigenvalue weighted by atomic mass is 32.2. The molecule has 0 radical (unpaired) electrons. The zero-order chi connectivity index (χ0) is 16.9. The first-order valence-corrected chi connectivity index (χ1v) is 9.77. The molecule has 0 bridgehead atoms. The number of benzene rings is 1. The smallest absolute Gasteiger partial charge is 0.251 e. The van der Waals surface area contributed by atoms with Crippen molar-refractivity contribution < 1.29 is 14.3 Å². The molecule has 0 aromatic heterocycles. The quantitative estimate of drug-likeness (QED) is 0.584. The van der Waals surface area contributed by atoms with Crippen LogP contribution in [0.15, 0.2) is 24.3 Å². The molecule has 3 rings (SSSR count). The van der Waals surface area contributed by atoms with Gasteiger partial charge in [0.15, 0.2) is 0 Å². The summed E-state index contributed by atoms with van der Waals surface area (Å²) in [6.45, 7) is 4.57. The van der Waals surface area contributed by atoms with Crippen molar-refractivity contribution in [1.29, 1.82) is 0 Å². The van der Waals surface area contributed by atoms with Crippen molar-refractivity contribution in [2.45, 2.75) is 32.2 Å². The molecular weight excluding hydrogens is 324 g/mol. The maximum atomic E-state index is 12.7. The maximum absolute atomic E-state index is 12.7. The van der Waals surface area contributed by atoms with E-state index in [9.17, 15) is 9.59 Å². The first-order valence-electron chi connectivity index (χ1n) is 8.62. The molecule has 1 aromatic rings. The van der Waals surface area contributed by atoms with Crippen molar-refractivity contribution >= 4 is 29.3 Å². The standard InChI is InChI=1S/C18H24N2O3S/c1-2-3-10-23-15-6-4-14(5-7-15)20-17(21)13-16(18(20)22)19-8-11-24-12-9-19/h4-7,16H,2-3,8-13H2,1H3/t16-/m1/s1. The van der Waals surface area contributed by atoms with Gasteiger partial charge in [0.25, 0.3) is 5.91 Å². The molecule has 2 amide bonds. The number of nitrogens with zero attached hydrogens (tertiary/aromatic N) is 2. The van der Waals surface area contributed by atoms with Crippen LogP contribution in [-0.2, 0) is 9.59 Å². The summed E-state index contributed by atoms with van der Waals surface area (Å²) in [6.07, 6.45) is 2.39. The van der Waals surface area contributed by atoms with E-state index in [-0.39, 0.29) is 24.3 Å². The van der Waals surface area contributed by atoms with Gasteiger partial charge >= 0.3 is 0 Å². The van der Waals surface area contributed by atoms with Gasteiger partial charge in [0, 0.05) is 24.6 Å². The number of amides is 2. The molecule has 0 saturated carbocycles. The van der Waals surface area contributed by atoms with Gasteiger partial charge in [0.1, 0.15) is 5.75 Å². The summed E-state index contributed by atoms with van der Waals surface area (Å²) in [5.41, 5.74) is 0.640. The Bertz CT molecular complexity index is 584. The summed E-state index contributed by atoms with van der Waals surface area (Å²) in [5, 5.41) is 0. The molecule has 1 atom stereocenters. The van der Waals surface area contributed by atoms with Crippen molar-refractivity contribution in [3.63, 3.8) is 0 Å². The predicted molar refractivity (Wildman–Crippen MR) is 96.6 cm³/mol. The van der Waals surface area contributed by atoms with Gasteiger partial charge in [-0.1, -0.05) is 13.3 Å². The molecule has 24 heavy (non-hydrogen) atoms. The number of hydrogen-bond acceptors (Lipinski definition) is 5. The summed E-state index contributed by atoms with van der Waals surface area (Å²) >= 11 is 1.90. The molecule has 1 aromatic carbocycles. The largest absolute Gasteiger partial charge is 0.494 e. The van der Waals surface area contributed by atoms with E-state index < -0.39 is 0 Å². The van der Waals surface area contributed by atoms with E-state index in [1.54, 1.807) is 12.1 Å². The highest BCUT2D eigenvalue weighted by molar-refractivity contribution is 7.99. The van der Waals surface area contributed by atoms with Crippen LogP contribution in [0.3, 0.4) is 0 Å². The Morgan fingerprint density at radius 2 is 1.88 bits per heavy atom. The highest BCUT2D eigenvalue weighted by Gasteiger charge is 2.42. The summed E-state index contributed by atoms with van der Waals surface area (Å²) in [4.78, 5) is 28.6. The van der Waals surface area contributed by atoms with Crippen LogP contribution < -0.4 is 9.64 Å². The molecule has 2 aliphatic rings. The minimum atomic E-state index is -0.293. The lowest BCUT2D eigenvalue weighted by Gasteiger charge is -2.30. The molecule has 2 heterocycles. The zero-order valence-corrected chi connectivity index (χ0v) is 14.9. The van der Waals surface area contributed by atoms with Crippen LogP contribution in [0.4, 0.5) is 5.69 Å². The van der Waals surface area contributed by atoms with Crippen molar-refractivity contribution in [1.82, 2.24) is 4.90 Å². The number of thioether (sulfide) groups is 1. The molecule has 2 saturated heterocycles. The predicted octanol–water partition coefficient (Wildman–Crippen LogP) is 2.55. The molecular formula is C18H24N2O3S. The first-order chi connectivity index (χ1) is 11.7. The van der Waals surface area contributed by atoms with E-state index in [1.807, 2.05) is 23.9 Å². The number of ether oxygens (including phenoxy) is 1. The van der Waals surface area contributed by atoms with Gasteiger partial charge in [-0.2, -0.15) is 11.8 Å². The molecule has 0 aliphatic carbocycles. The van der Waals surface area contributed by atoms with Crippen LogP contribution in [0.5, 0.6) is 5.75 Å². The van der Waals surface area contributed by atoms with Gasteiger partial charge in [-0.05, 0) is 30.7 Å². The van der Waals surface area contributed by atoms with E-state index >= 15 is 0 Å². The Hall–Kier alpha value is -1.53. The highest BCUT2D eigenvalue weighted by Crippen LogP contribution is 2.28. The van der Waals surface area contributed by atoms with Crippen LogP contribution in [-0.4, -0.2) is 54.0 Å². The fraction of sp³-hybridized carbons (Fsp3) is 0.556. The average Bonchev–Trinajstić information content (AvgIpc) is 2.91. The normalized spacial score (nSPS) is 22.2. The van der Waals surface area contributed by atoms with Gasteiger partial charge in [-0.25, -0.2) is 4.90 Å². The number of anilines is 1. The van der Waals surface area contributed by atoms with Crippen LogP contribution in [0, 0.1) is 0 Å². The lowest BCUT2D eigenvalue weighted by molar-refractivity contribution is -0.122. The topological polar surface area (TPSA) is 49.9 Å². The Kier molecular flexibility index (Phi) is 5.79. The van der Waals surface area contributed by atoms with Gasteiger partial charge in [0.05, 0.1) is 24.8 Å². The number of unbranched alkanes of at least 4 members (excludes halogenated alkanes) is 1. The lowest BCUT2D eigenvalue weighted by atomic mass is 10.2. The number of carbonyl (C=O) groups is 2. The molecule has 2 fully saturated rings. The summed E-state index contributed by atoms with van der Waals surface area (Å²) < 4.78 is 5.64. The third-order valence-corrected chi connectivity index (χ3v) is 5.41. The van der Waals surface area contributed by atoms with E-state index in [2.05, 4.69) is 11.8 Å². The molecule has 0 unspecified atom stereocenters. The first kappa shape index (κ1) is 17.3. The molecule has 6 heteroatoms. The monoisotopic (exact) mass is 348 g/mol. The van der Waals surface area contributed by atoms with Crippen LogP contribution >= 0.6 is 11.8 Å². The molecule has 2 aliphatic heterocycles. The van der Waals surface area contributed by atoms with E-state index in [1.165, 1.54) is 4.90 Å². The van der Waals surface area contributed by atoms with Gasteiger partial charge in [-0.15, -0.1) is 0 Å². The SMILES string of the molecule is CCCCOc1ccc(N2C(=O)C[C@@H](N3CCSCC3)C2=O)cc1. The summed E-state index contributed by atoms with van der Waals surface area (Å²) in [5.74, 6) is 2.63. The minimum absolute atomic E-state index is 0.0912. The third kappa shape index (κ3) is 3.75. The van der Waals surface area contributed by atoms with Crippen molar-refractivity contribution in [2.75, 3.05) is 36.1 Å². The third-order valence-electron chi connectivity index (χ3n) is 4.47. The Balaban J connectivity index is 1.67. The minimum Gasteiger partial charge on any atom is -0.494 e. The van der Waals surface area contributed by atoms with Crippen LogP contribution in [0.1, 0.15) is 26.2 Å². The molecule has 130 valence electrons. The molecule has 0 spiro atoms. The number of rotatable bonds is 6. The van der Waals surface area contributed by atoms with E-state index in [0.29, 0.717) is 12.3 Å². The Labute approximate surface area is 147 Å². The fourth-order valence-electron chi connectivity index (χ4n) is 3.09. The van der Waals surface area contributed by atoms with E-state index in [4.69, 9.17) is 4.74 Å². The van der Waals surface area contributed by atoms with Crippen LogP contribution in [0.2, 0.25) is 0 Å². The second kappa shape index (κ2) is 8.03. The fourth-order valence-corrected chi connectivity index (χ4v) is 4.02. The lowest BCUT2D eigenvalue weighted by Crippen LogP contribution is -2.45. The molecule has 0 N–H and O–H groups in total. The second-order valence-electron chi connectivity index (χ2n) is 6.13. The second-order valence-corrected chi connectivity index (χ2v) is 7.36. The van der Waals surface area contributed by atoms with Crippen molar-refractivity contribution in [2.24, 2.45) is 0 Å². The van der Waals surface area contributed by atoms with Crippen LogP contribution in [0.25, 0.3) is 0 Å².